The van der Waals surface area contributed by atoms with E-state index in [2.05, 4.69) is 4.98 Å². The number of fused-ring (bicyclic) bond motifs is 3. The minimum atomic E-state index is -0.0325. The largest absolute Gasteiger partial charge is 0.472 e. The molecule has 15 heavy (non-hydrogen) atoms. The molecule has 0 saturated carbocycles. The smallest absolute Gasteiger partial charge is 0.190 e. The minimum Gasteiger partial charge on any atom is -0.472 e. The zero-order chi connectivity index (χ0) is 10.3. The number of hydrogen-bond acceptors (Lipinski definition) is 3. The molecule has 72 valence electrons. The summed E-state index contributed by atoms with van der Waals surface area (Å²) in [5, 5.41) is 1.89. The van der Waals surface area contributed by atoms with Crippen molar-refractivity contribution in [1.82, 2.24) is 4.98 Å². The Morgan fingerprint density at radius 3 is 3.07 bits per heavy atom. The molecule has 1 aromatic rings. The van der Waals surface area contributed by atoms with E-state index >= 15 is 0 Å². The fourth-order valence-electron chi connectivity index (χ4n) is 1.78. The average Bonchev–Trinajstić information content (AvgIpc) is 2.30. The Hall–Kier alpha value is -2.16. The number of rotatable bonds is 0. The third-order valence-corrected chi connectivity index (χ3v) is 2.48. The molecule has 0 bridgehead atoms. The van der Waals surface area contributed by atoms with E-state index in [1.54, 1.807) is 30.8 Å². The van der Waals surface area contributed by atoms with Crippen molar-refractivity contribution in [2.75, 3.05) is 0 Å². The van der Waals surface area contributed by atoms with Gasteiger partial charge in [-0.05, 0) is 29.1 Å². The molecule has 0 atom stereocenters. The second kappa shape index (κ2) is 2.92. The van der Waals surface area contributed by atoms with E-state index in [-0.39, 0.29) is 5.43 Å². The van der Waals surface area contributed by atoms with Crippen molar-refractivity contribution in [1.29, 1.82) is 0 Å². The fourth-order valence-corrected chi connectivity index (χ4v) is 1.78. The number of hydrogen-bond donors (Lipinski definition) is 0. The van der Waals surface area contributed by atoms with Gasteiger partial charge in [0, 0.05) is 17.8 Å². The van der Waals surface area contributed by atoms with Crippen LogP contribution in [0.15, 0.2) is 52.3 Å². The number of pyridine rings is 1. The van der Waals surface area contributed by atoms with Gasteiger partial charge in [-0.1, -0.05) is 0 Å². The maximum Gasteiger partial charge on any atom is 0.190 e. The first-order valence-electron chi connectivity index (χ1n) is 4.59. The summed E-state index contributed by atoms with van der Waals surface area (Å²) in [5.41, 5.74) is 1.48. The summed E-state index contributed by atoms with van der Waals surface area (Å²) in [6.07, 6.45) is 6.47. The molecule has 1 aromatic heterocycles. The van der Waals surface area contributed by atoms with E-state index in [0.29, 0.717) is 5.56 Å². The van der Waals surface area contributed by atoms with Crippen LogP contribution < -0.4 is 5.43 Å². The molecular formula is C12H7NO2. The summed E-state index contributed by atoms with van der Waals surface area (Å²) < 4.78 is 5.00. The number of nitrogens with zero attached hydrogens (tertiary/aromatic N) is 1. The molecule has 0 unspecified atom stereocenters. The fraction of sp³-hybridized carbons (Fsp3) is 0. The van der Waals surface area contributed by atoms with E-state index in [4.69, 9.17) is 4.42 Å². The van der Waals surface area contributed by atoms with Crippen LogP contribution in [0.1, 0.15) is 0 Å². The van der Waals surface area contributed by atoms with E-state index < -0.39 is 0 Å². The molecule has 3 nitrogen and oxygen atoms in total. The van der Waals surface area contributed by atoms with Gasteiger partial charge in [0.2, 0.25) is 0 Å². The van der Waals surface area contributed by atoms with Crippen molar-refractivity contribution in [2.45, 2.75) is 0 Å². The molecule has 2 aliphatic rings. The Balaban J connectivity index is 2.63. The zero-order valence-electron chi connectivity index (χ0n) is 7.81. The lowest BCUT2D eigenvalue weighted by atomic mass is 10.00. The minimum absolute atomic E-state index is 0.0325. The monoisotopic (exact) mass is 197 g/mol. The highest BCUT2D eigenvalue weighted by Gasteiger charge is 2.10. The van der Waals surface area contributed by atoms with Gasteiger partial charge in [0.25, 0.3) is 0 Å². The lowest BCUT2D eigenvalue weighted by molar-refractivity contribution is 0.551. The van der Waals surface area contributed by atoms with Crippen LogP contribution in [0.25, 0.3) is 21.9 Å². The summed E-state index contributed by atoms with van der Waals surface area (Å²) in [5.74, 6) is 0. The average molecular weight is 197 g/mol. The first kappa shape index (κ1) is 8.17. The molecule has 0 saturated heterocycles. The predicted molar refractivity (Wildman–Crippen MR) is 56.9 cm³/mol. The van der Waals surface area contributed by atoms with Crippen molar-refractivity contribution in [3.8, 4) is 11.1 Å². The van der Waals surface area contributed by atoms with Crippen LogP contribution in [0.3, 0.4) is 0 Å². The molecular weight excluding hydrogens is 190 g/mol. The van der Waals surface area contributed by atoms with E-state index in [1.807, 2.05) is 6.07 Å². The number of benzene rings is 1. The second-order valence-corrected chi connectivity index (χ2v) is 3.36. The molecule has 3 heteroatoms. The van der Waals surface area contributed by atoms with Gasteiger partial charge < -0.3 is 4.42 Å². The summed E-state index contributed by atoms with van der Waals surface area (Å²) in [7, 11) is 0. The first-order valence-corrected chi connectivity index (χ1v) is 4.59. The molecule has 0 spiro atoms. The van der Waals surface area contributed by atoms with Crippen molar-refractivity contribution >= 4 is 10.8 Å². The third-order valence-electron chi connectivity index (χ3n) is 2.48. The summed E-state index contributed by atoms with van der Waals surface area (Å²) in [4.78, 5) is 15.7. The normalized spacial score (nSPS) is 10.9. The Labute approximate surface area is 85.3 Å². The van der Waals surface area contributed by atoms with Gasteiger partial charge in [-0.15, -0.1) is 0 Å². The van der Waals surface area contributed by atoms with Crippen LogP contribution in [0.4, 0.5) is 0 Å². The molecule has 0 aromatic carbocycles. The lowest BCUT2D eigenvalue weighted by Crippen LogP contribution is -2.04. The first-order chi connectivity index (χ1) is 7.36. The topological polar surface area (TPSA) is 43.1 Å². The van der Waals surface area contributed by atoms with Crippen LogP contribution in [0.5, 0.6) is 0 Å². The molecule has 0 fully saturated rings. The molecule has 0 amide bonds. The maximum atomic E-state index is 11.7. The van der Waals surface area contributed by atoms with E-state index in [1.165, 1.54) is 6.26 Å². The highest BCUT2D eigenvalue weighted by atomic mass is 16.3. The Morgan fingerprint density at radius 1 is 1.20 bits per heavy atom. The molecule has 0 N–H and O–H groups in total. The molecule has 1 aliphatic carbocycles. The van der Waals surface area contributed by atoms with Crippen LogP contribution in [0, 0.1) is 0 Å². The van der Waals surface area contributed by atoms with Crippen LogP contribution in [0.2, 0.25) is 0 Å². The van der Waals surface area contributed by atoms with Gasteiger partial charge in [-0.3, -0.25) is 9.78 Å². The number of aromatic nitrogens is 1. The van der Waals surface area contributed by atoms with Gasteiger partial charge >= 0.3 is 0 Å². The van der Waals surface area contributed by atoms with Gasteiger partial charge in [-0.25, -0.2) is 0 Å². The Morgan fingerprint density at radius 2 is 2.13 bits per heavy atom. The highest BCUT2D eigenvalue weighted by Crippen LogP contribution is 2.26. The summed E-state index contributed by atoms with van der Waals surface area (Å²) in [6.45, 7) is 0. The Bertz CT molecular complexity index is 657. The van der Waals surface area contributed by atoms with Gasteiger partial charge in [0.05, 0.1) is 11.8 Å². The molecule has 0 radical (unpaired) electrons. The molecule has 2 heterocycles. The second-order valence-electron chi connectivity index (χ2n) is 3.36. The maximum absolute atomic E-state index is 11.7. The Kier molecular flexibility index (Phi) is 1.59. The summed E-state index contributed by atoms with van der Waals surface area (Å²) in [6, 6.07) is 5.29. The highest BCUT2D eigenvalue weighted by molar-refractivity contribution is 5.96. The zero-order valence-corrected chi connectivity index (χ0v) is 7.81. The van der Waals surface area contributed by atoms with Crippen molar-refractivity contribution in [2.24, 2.45) is 0 Å². The van der Waals surface area contributed by atoms with Gasteiger partial charge in [-0.2, -0.15) is 0 Å². The van der Waals surface area contributed by atoms with Crippen LogP contribution in [-0.2, 0) is 0 Å². The van der Waals surface area contributed by atoms with Crippen LogP contribution in [-0.4, -0.2) is 4.98 Å². The van der Waals surface area contributed by atoms with E-state index in [0.717, 1.165) is 16.3 Å². The van der Waals surface area contributed by atoms with Gasteiger partial charge in [0.15, 0.2) is 5.43 Å². The van der Waals surface area contributed by atoms with E-state index in [9.17, 15) is 4.79 Å². The van der Waals surface area contributed by atoms with Crippen molar-refractivity contribution in [3.05, 3.63) is 53.3 Å². The standard InChI is InChI=1S/C12H7NO2/c14-12-5-8-6-13-3-1-9(8)10-2-4-15-7-11(10)12/h1-7H. The molecule has 3 rings (SSSR count). The van der Waals surface area contributed by atoms with Gasteiger partial charge in [0.1, 0.15) is 6.26 Å². The third kappa shape index (κ3) is 1.13. The SMILES string of the molecule is O=c1cc2cnccc2c2ccocc1-2. The van der Waals surface area contributed by atoms with Crippen molar-refractivity contribution in [3.63, 3.8) is 0 Å². The summed E-state index contributed by atoms with van der Waals surface area (Å²) >= 11 is 0. The predicted octanol–water partition coefficient (Wildman–Crippen LogP) is 2.29. The lowest BCUT2D eigenvalue weighted by Gasteiger charge is -2.06. The van der Waals surface area contributed by atoms with Crippen LogP contribution >= 0.6 is 0 Å². The van der Waals surface area contributed by atoms with Crippen molar-refractivity contribution < 1.29 is 4.42 Å². The molecule has 1 aliphatic heterocycles. The quantitative estimate of drug-likeness (QED) is 0.519.